The number of aromatic hydroxyl groups is 1. The molecule has 0 saturated carbocycles. The lowest BCUT2D eigenvalue weighted by atomic mass is 10.0. The predicted molar refractivity (Wildman–Crippen MR) is 83.9 cm³/mol. The number of phenolic OH excluding ortho intramolecular Hbond substituents is 1. The number of nitrogens with two attached hydrogens (primary N) is 1. The molecule has 0 fully saturated rings. The standard InChI is InChI=1S/C17H22N2O/c1-12(2)14-5-8-17(20)15(9-14)11-19-16-6-3-13(10-18)4-7-16/h3-9,12,19-20H,10-11,18H2,1-2H3. The first-order valence-corrected chi connectivity index (χ1v) is 6.95. The third kappa shape index (κ3) is 3.52. The average Bonchev–Trinajstić information content (AvgIpc) is 2.46. The van der Waals surface area contributed by atoms with Gasteiger partial charge in [0.05, 0.1) is 0 Å². The third-order valence-electron chi connectivity index (χ3n) is 3.44. The first kappa shape index (κ1) is 14.4. The van der Waals surface area contributed by atoms with Crippen LogP contribution < -0.4 is 11.1 Å². The van der Waals surface area contributed by atoms with Crippen LogP contribution in [0.2, 0.25) is 0 Å². The van der Waals surface area contributed by atoms with Crippen LogP contribution in [0.25, 0.3) is 0 Å². The van der Waals surface area contributed by atoms with Gasteiger partial charge in [0.1, 0.15) is 5.75 Å². The Hall–Kier alpha value is -2.00. The van der Waals surface area contributed by atoms with E-state index in [1.54, 1.807) is 6.07 Å². The van der Waals surface area contributed by atoms with Crippen molar-refractivity contribution >= 4 is 5.69 Å². The van der Waals surface area contributed by atoms with Gasteiger partial charge >= 0.3 is 0 Å². The van der Waals surface area contributed by atoms with E-state index in [4.69, 9.17) is 5.73 Å². The molecule has 2 rings (SSSR count). The highest BCUT2D eigenvalue weighted by atomic mass is 16.3. The molecule has 3 nitrogen and oxygen atoms in total. The molecule has 0 heterocycles. The summed E-state index contributed by atoms with van der Waals surface area (Å²) in [5.74, 6) is 0.790. The summed E-state index contributed by atoms with van der Waals surface area (Å²) in [7, 11) is 0. The number of nitrogens with one attached hydrogen (secondary N) is 1. The minimum absolute atomic E-state index is 0.334. The lowest BCUT2D eigenvalue weighted by molar-refractivity contribution is 0.468. The summed E-state index contributed by atoms with van der Waals surface area (Å²) in [5.41, 5.74) is 9.86. The molecule has 0 amide bonds. The molecule has 0 radical (unpaired) electrons. The molecular formula is C17H22N2O. The molecule has 0 unspecified atom stereocenters. The SMILES string of the molecule is CC(C)c1ccc(O)c(CNc2ccc(CN)cc2)c1. The van der Waals surface area contributed by atoms with Crippen molar-refractivity contribution in [3.63, 3.8) is 0 Å². The first-order chi connectivity index (χ1) is 9.60. The van der Waals surface area contributed by atoms with Gasteiger partial charge in [-0.25, -0.2) is 0 Å². The maximum atomic E-state index is 9.92. The Morgan fingerprint density at radius 3 is 2.40 bits per heavy atom. The van der Waals surface area contributed by atoms with E-state index >= 15 is 0 Å². The Labute approximate surface area is 120 Å². The zero-order chi connectivity index (χ0) is 14.5. The van der Waals surface area contributed by atoms with E-state index in [0.717, 1.165) is 16.8 Å². The molecule has 0 aliphatic rings. The van der Waals surface area contributed by atoms with E-state index in [1.807, 2.05) is 30.3 Å². The number of hydrogen-bond acceptors (Lipinski definition) is 3. The highest BCUT2D eigenvalue weighted by Gasteiger charge is 2.05. The van der Waals surface area contributed by atoms with E-state index in [-0.39, 0.29) is 0 Å². The van der Waals surface area contributed by atoms with Crippen molar-refractivity contribution in [1.29, 1.82) is 0 Å². The van der Waals surface area contributed by atoms with Gasteiger partial charge in [0.2, 0.25) is 0 Å². The fourth-order valence-electron chi connectivity index (χ4n) is 2.06. The average molecular weight is 270 g/mol. The largest absolute Gasteiger partial charge is 0.508 e. The van der Waals surface area contributed by atoms with Crippen LogP contribution in [0.3, 0.4) is 0 Å². The van der Waals surface area contributed by atoms with Crippen LogP contribution >= 0.6 is 0 Å². The summed E-state index contributed by atoms with van der Waals surface area (Å²) < 4.78 is 0. The third-order valence-corrected chi connectivity index (χ3v) is 3.44. The van der Waals surface area contributed by atoms with Gasteiger partial charge in [-0.05, 0) is 35.2 Å². The van der Waals surface area contributed by atoms with E-state index in [9.17, 15) is 5.11 Å². The minimum Gasteiger partial charge on any atom is -0.508 e. The molecule has 2 aromatic carbocycles. The van der Waals surface area contributed by atoms with Gasteiger partial charge in [-0.15, -0.1) is 0 Å². The lowest BCUT2D eigenvalue weighted by Crippen LogP contribution is -2.02. The summed E-state index contributed by atoms with van der Waals surface area (Å²) in [6.45, 7) is 5.45. The number of rotatable bonds is 5. The topological polar surface area (TPSA) is 58.3 Å². The molecule has 3 heteroatoms. The highest BCUT2D eigenvalue weighted by molar-refractivity contribution is 5.47. The van der Waals surface area contributed by atoms with Crippen LogP contribution in [0.5, 0.6) is 5.75 Å². The zero-order valence-corrected chi connectivity index (χ0v) is 12.1. The summed E-state index contributed by atoms with van der Waals surface area (Å²) in [5, 5.41) is 13.2. The molecule has 106 valence electrons. The Bertz CT molecular complexity index is 562. The number of anilines is 1. The summed E-state index contributed by atoms with van der Waals surface area (Å²) in [6, 6.07) is 13.8. The van der Waals surface area contributed by atoms with Crippen molar-refractivity contribution in [3.05, 3.63) is 59.2 Å². The molecule has 2 aromatic rings. The smallest absolute Gasteiger partial charge is 0.120 e. The predicted octanol–water partition coefficient (Wildman–Crippen LogP) is 3.59. The van der Waals surface area contributed by atoms with Crippen molar-refractivity contribution in [2.75, 3.05) is 5.32 Å². The Kier molecular flexibility index (Phi) is 4.64. The molecule has 0 saturated heterocycles. The van der Waals surface area contributed by atoms with E-state index < -0.39 is 0 Å². The van der Waals surface area contributed by atoms with Gasteiger partial charge in [0.15, 0.2) is 0 Å². The van der Waals surface area contributed by atoms with E-state index in [2.05, 4.69) is 25.2 Å². The second kappa shape index (κ2) is 6.44. The Morgan fingerprint density at radius 1 is 1.10 bits per heavy atom. The van der Waals surface area contributed by atoms with Gasteiger partial charge in [-0.1, -0.05) is 38.1 Å². The fraction of sp³-hybridized carbons (Fsp3) is 0.294. The quantitative estimate of drug-likeness (QED) is 0.778. The molecule has 0 aromatic heterocycles. The molecule has 0 atom stereocenters. The summed E-state index contributed by atoms with van der Waals surface area (Å²) >= 11 is 0. The summed E-state index contributed by atoms with van der Waals surface area (Å²) in [4.78, 5) is 0. The molecule has 0 bridgehead atoms. The van der Waals surface area contributed by atoms with Gasteiger partial charge in [-0.3, -0.25) is 0 Å². The van der Waals surface area contributed by atoms with Crippen molar-refractivity contribution in [2.45, 2.75) is 32.9 Å². The van der Waals surface area contributed by atoms with Gasteiger partial charge in [-0.2, -0.15) is 0 Å². The zero-order valence-electron chi connectivity index (χ0n) is 12.1. The number of benzene rings is 2. The van der Waals surface area contributed by atoms with Gasteiger partial charge in [0, 0.05) is 24.3 Å². The van der Waals surface area contributed by atoms with Crippen LogP contribution in [0.15, 0.2) is 42.5 Å². The Morgan fingerprint density at radius 2 is 1.80 bits per heavy atom. The summed E-state index contributed by atoms with van der Waals surface area (Å²) in [6.07, 6.45) is 0. The fourth-order valence-corrected chi connectivity index (χ4v) is 2.06. The monoisotopic (exact) mass is 270 g/mol. The molecular weight excluding hydrogens is 248 g/mol. The van der Waals surface area contributed by atoms with Gasteiger partial charge in [0.25, 0.3) is 0 Å². The number of phenols is 1. The lowest BCUT2D eigenvalue weighted by Gasteiger charge is -2.12. The Balaban J connectivity index is 2.07. The molecule has 0 aliphatic carbocycles. The van der Waals surface area contributed by atoms with Crippen LogP contribution in [0.1, 0.15) is 36.5 Å². The molecule has 0 aliphatic heterocycles. The highest BCUT2D eigenvalue weighted by Crippen LogP contribution is 2.24. The molecule has 4 N–H and O–H groups in total. The normalized spacial score (nSPS) is 10.8. The van der Waals surface area contributed by atoms with Crippen LogP contribution in [0.4, 0.5) is 5.69 Å². The van der Waals surface area contributed by atoms with E-state index in [1.165, 1.54) is 5.56 Å². The van der Waals surface area contributed by atoms with Gasteiger partial charge < -0.3 is 16.2 Å². The second-order valence-electron chi connectivity index (χ2n) is 5.30. The maximum absolute atomic E-state index is 9.92. The van der Waals surface area contributed by atoms with Crippen molar-refractivity contribution in [3.8, 4) is 5.75 Å². The first-order valence-electron chi connectivity index (χ1n) is 6.95. The van der Waals surface area contributed by atoms with Crippen LogP contribution in [-0.2, 0) is 13.1 Å². The van der Waals surface area contributed by atoms with Crippen molar-refractivity contribution < 1.29 is 5.11 Å². The molecule has 20 heavy (non-hydrogen) atoms. The maximum Gasteiger partial charge on any atom is 0.120 e. The molecule has 0 spiro atoms. The van der Waals surface area contributed by atoms with Crippen molar-refractivity contribution in [1.82, 2.24) is 0 Å². The van der Waals surface area contributed by atoms with E-state index in [0.29, 0.717) is 24.8 Å². The second-order valence-corrected chi connectivity index (χ2v) is 5.30. The van der Waals surface area contributed by atoms with Crippen LogP contribution in [-0.4, -0.2) is 5.11 Å². The number of hydrogen-bond donors (Lipinski definition) is 3. The van der Waals surface area contributed by atoms with Crippen molar-refractivity contribution in [2.24, 2.45) is 5.73 Å². The van der Waals surface area contributed by atoms with Crippen LogP contribution in [0, 0.1) is 0 Å². The minimum atomic E-state index is 0.334.